The van der Waals surface area contributed by atoms with Crippen LogP contribution in [0.3, 0.4) is 0 Å². The van der Waals surface area contributed by atoms with Gasteiger partial charge in [-0.25, -0.2) is 26.7 Å². The van der Waals surface area contributed by atoms with Crippen molar-refractivity contribution >= 4 is 5.97 Å². The van der Waals surface area contributed by atoms with E-state index in [0.29, 0.717) is 19.3 Å². The second-order valence-corrected chi connectivity index (χ2v) is 7.76. The normalized spacial score (nSPS) is 22.5. The van der Waals surface area contributed by atoms with Crippen LogP contribution >= 0.6 is 0 Å². The number of hydrogen-bond donors (Lipinski definition) is 0. The van der Waals surface area contributed by atoms with E-state index in [-0.39, 0.29) is 35.4 Å². The van der Waals surface area contributed by atoms with Crippen LogP contribution in [-0.4, -0.2) is 24.4 Å². The monoisotopic (exact) mass is 426 g/mol. The molecule has 2 nitrogen and oxygen atoms in total. The zero-order valence-electron chi connectivity index (χ0n) is 16.6. The molecular weight excluding hydrogens is 403 g/mol. The summed E-state index contributed by atoms with van der Waals surface area (Å²) in [6.07, 6.45) is 0.303. The molecule has 2 aromatic rings. The number of ether oxygens (including phenoxy) is 1. The lowest BCUT2D eigenvalue weighted by Crippen LogP contribution is -2.34. The molecule has 1 atom stereocenters. The van der Waals surface area contributed by atoms with Crippen molar-refractivity contribution in [1.82, 2.24) is 0 Å². The molecule has 0 aliphatic heterocycles. The zero-order chi connectivity index (χ0) is 21.9. The lowest BCUT2D eigenvalue weighted by atomic mass is 9.77. The van der Waals surface area contributed by atoms with E-state index < -0.39 is 41.9 Å². The van der Waals surface area contributed by atoms with E-state index in [1.165, 1.54) is 18.2 Å². The van der Waals surface area contributed by atoms with Gasteiger partial charge < -0.3 is 4.74 Å². The average Bonchev–Trinajstić information content (AvgIpc) is 2.75. The molecule has 1 aliphatic rings. The van der Waals surface area contributed by atoms with Gasteiger partial charge in [-0.05, 0) is 67.3 Å². The van der Waals surface area contributed by atoms with Crippen LogP contribution in [0.1, 0.15) is 49.4 Å². The van der Waals surface area contributed by atoms with Crippen LogP contribution in [0.25, 0.3) is 11.1 Å². The number of hydrogen-bond acceptors (Lipinski definition) is 2. The van der Waals surface area contributed by atoms with Gasteiger partial charge >= 0.3 is 5.97 Å². The second-order valence-electron chi connectivity index (χ2n) is 7.76. The fourth-order valence-electron chi connectivity index (χ4n) is 3.87. The Hall–Kier alpha value is -2.44. The van der Waals surface area contributed by atoms with Gasteiger partial charge in [0.15, 0.2) is 17.5 Å². The maximum atomic E-state index is 14.6. The highest BCUT2D eigenvalue weighted by molar-refractivity contribution is 5.97. The summed E-state index contributed by atoms with van der Waals surface area (Å²) in [6, 6.07) is 7.44. The molecule has 1 unspecified atom stereocenters. The van der Waals surface area contributed by atoms with Crippen LogP contribution < -0.4 is 0 Å². The van der Waals surface area contributed by atoms with Crippen LogP contribution in [0.4, 0.5) is 22.0 Å². The van der Waals surface area contributed by atoms with Crippen LogP contribution in [0, 0.1) is 23.4 Å². The first-order valence-electron chi connectivity index (χ1n) is 9.98. The predicted molar refractivity (Wildman–Crippen MR) is 103 cm³/mol. The largest absolute Gasteiger partial charge is 0.459 e. The van der Waals surface area contributed by atoms with Crippen molar-refractivity contribution < 1.29 is 31.5 Å². The number of benzene rings is 2. The number of carbonyl (C=O) groups is 1. The number of rotatable bonds is 6. The third kappa shape index (κ3) is 4.82. The lowest BCUT2D eigenvalue weighted by Gasteiger charge is -2.34. The molecule has 2 aromatic carbocycles. The topological polar surface area (TPSA) is 26.3 Å². The number of carbonyl (C=O) groups excluding carboxylic acids is 1. The summed E-state index contributed by atoms with van der Waals surface area (Å²) in [7, 11) is 0. The fraction of sp³-hybridized carbons (Fsp3) is 0.435. The van der Waals surface area contributed by atoms with Crippen molar-refractivity contribution in [1.29, 1.82) is 0 Å². The summed E-state index contributed by atoms with van der Waals surface area (Å²) >= 11 is 0. The first-order chi connectivity index (χ1) is 14.2. The molecule has 0 bridgehead atoms. The fourth-order valence-corrected chi connectivity index (χ4v) is 3.87. The maximum Gasteiger partial charge on any atom is 0.338 e. The highest BCUT2D eigenvalue weighted by Crippen LogP contribution is 2.39. The Morgan fingerprint density at radius 1 is 1.13 bits per heavy atom. The predicted octanol–water partition coefficient (Wildman–Crippen LogP) is 6.57. The SMILES string of the molecule is CCC1(F)CCC(C(F)COC(=O)c2ccccc2-c2cc(F)c(F)c(F)c2)CC1. The maximum absolute atomic E-state index is 14.6. The van der Waals surface area contributed by atoms with Gasteiger partial charge in [0.2, 0.25) is 0 Å². The average molecular weight is 426 g/mol. The van der Waals surface area contributed by atoms with Crippen LogP contribution in [0.2, 0.25) is 0 Å². The quantitative estimate of drug-likeness (QED) is 0.297. The first-order valence-corrected chi connectivity index (χ1v) is 9.98. The molecule has 1 aliphatic carbocycles. The third-order valence-corrected chi connectivity index (χ3v) is 5.89. The molecular formula is C23H23F5O2. The number of esters is 1. The van der Waals surface area contributed by atoms with E-state index >= 15 is 0 Å². The van der Waals surface area contributed by atoms with E-state index in [9.17, 15) is 26.7 Å². The van der Waals surface area contributed by atoms with E-state index in [1.54, 1.807) is 13.0 Å². The van der Waals surface area contributed by atoms with Gasteiger partial charge in [-0.3, -0.25) is 0 Å². The Morgan fingerprint density at radius 3 is 2.33 bits per heavy atom. The molecule has 0 heterocycles. The molecule has 30 heavy (non-hydrogen) atoms. The molecule has 1 saturated carbocycles. The molecule has 7 heteroatoms. The van der Waals surface area contributed by atoms with Gasteiger partial charge in [0.25, 0.3) is 0 Å². The Morgan fingerprint density at radius 2 is 1.73 bits per heavy atom. The van der Waals surface area contributed by atoms with Crippen molar-refractivity contribution in [3.05, 3.63) is 59.4 Å². The van der Waals surface area contributed by atoms with Gasteiger partial charge in [0.1, 0.15) is 18.4 Å². The minimum Gasteiger partial charge on any atom is -0.459 e. The van der Waals surface area contributed by atoms with Gasteiger partial charge in [-0.1, -0.05) is 25.1 Å². The third-order valence-electron chi connectivity index (χ3n) is 5.89. The van der Waals surface area contributed by atoms with Gasteiger partial charge in [0.05, 0.1) is 5.56 Å². The summed E-state index contributed by atoms with van der Waals surface area (Å²) in [5, 5.41) is 0. The van der Waals surface area contributed by atoms with Gasteiger partial charge in [-0.2, -0.15) is 0 Å². The zero-order valence-corrected chi connectivity index (χ0v) is 16.6. The van der Waals surface area contributed by atoms with Crippen molar-refractivity contribution in [2.45, 2.75) is 50.9 Å². The van der Waals surface area contributed by atoms with Crippen molar-refractivity contribution in [2.75, 3.05) is 6.61 Å². The molecule has 162 valence electrons. The standard InChI is InChI=1S/C23H23F5O2/c1-2-23(28)9-7-14(8-10-23)20(26)13-30-22(29)17-6-4-3-5-16(17)15-11-18(24)21(27)19(25)12-15/h3-6,11-12,14,20H,2,7-10,13H2,1H3. The Kier molecular flexibility index (Phi) is 6.78. The Bertz CT molecular complexity index is 883. The van der Waals surface area contributed by atoms with Crippen molar-refractivity contribution in [2.24, 2.45) is 5.92 Å². The smallest absolute Gasteiger partial charge is 0.338 e. The van der Waals surface area contributed by atoms with E-state index in [0.717, 1.165) is 12.1 Å². The van der Waals surface area contributed by atoms with Crippen molar-refractivity contribution in [3.63, 3.8) is 0 Å². The second kappa shape index (κ2) is 9.14. The molecule has 3 rings (SSSR count). The molecule has 0 aromatic heterocycles. The van der Waals surface area contributed by atoms with Crippen LogP contribution in [0.15, 0.2) is 36.4 Å². The van der Waals surface area contributed by atoms with Crippen molar-refractivity contribution in [3.8, 4) is 11.1 Å². The molecule has 0 radical (unpaired) electrons. The Labute approximate surface area is 172 Å². The molecule has 1 fully saturated rings. The molecule has 0 spiro atoms. The number of alkyl halides is 2. The minimum absolute atomic E-state index is 0.0208. The summed E-state index contributed by atoms with van der Waals surface area (Å²) < 4.78 is 74.3. The molecule has 0 N–H and O–H groups in total. The highest BCUT2D eigenvalue weighted by atomic mass is 19.2. The van der Waals surface area contributed by atoms with Crippen LogP contribution in [0.5, 0.6) is 0 Å². The molecule has 0 amide bonds. The van der Waals surface area contributed by atoms with Gasteiger partial charge in [0, 0.05) is 0 Å². The van der Waals surface area contributed by atoms with Gasteiger partial charge in [-0.15, -0.1) is 0 Å². The first kappa shape index (κ1) is 22.2. The molecule has 0 saturated heterocycles. The van der Waals surface area contributed by atoms with E-state index in [1.807, 2.05) is 0 Å². The number of halogens is 5. The van der Waals surface area contributed by atoms with Crippen LogP contribution in [-0.2, 0) is 4.74 Å². The Balaban J connectivity index is 1.68. The summed E-state index contributed by atoms with van der Waals surface area (Å²) in [6.45, 7) is 1.28. The minimum atomic E-state index is -1.60. The summed E-state index contributed by atoms with van der Waals surface area (Å²) in [5.41, 5.74) is -1.17. The van der Waals surface area contributed by atoms with E-state index in [4.69, 9.17) is 4.74 Å². The highest BCUT2D eigenvalue weighted by Gasteiger charge is 2.37. The van der Waals surface area contributed by atoms with E-state index in [2.05, 4.69) is 0 Å². The summed E-state index contributed by atoms with van der Waals surface area (Å²) in [4.78, 5) is 12.5. The summed E-state index contributed by atoms with van der Waals surface area (Å²) in [5.74, 6) is -5.62. The lowest BCUT2D eigenvalue weighted by molar-refractivity contribution is 0.0135.